The van der Waals surface area contributed by atoms with Crippen LogP contribution in [0.5, 0.6) is 0 Å². The highest BCUT2D eigenvalue weighted by atomic mass is 35.5. The van der Waals surface area contributed by atoms with E-state index >= 15 is 0 Å². The standard InChI is InChI=1S/C14H17Cl2NO/c15-9-10-3-1-4-11(16)14(10)17-7-8-18-13-6-2-5-12(13)17/h1,3-4,12-13H,2,5-9H2. The summed E-state index contributed by atoms with van der Waals surface area (Å²) in [5.41, 5.74) is 2.24. The Morgan fingerprint density at radius 2 is 2.22 bits per heavy atom. The van der Waals surface area contributed by atoms with E-state index in [9.17, 15) is 0 Å². The lowest BCUT2D eigenvalue weighted by Gasteiger charge is -2.40. The van der Waals surface area contributed by atoms with Gasteiger partial charge in [-0.3, -0.25) is 0 Å². The molecule has 4 heteroatoms. The van der Waals surface area contributed by atoms with Gasteiger partial charge in [-0.05, 0) is 30.9 Å². The molecule has 1 aliphatic carbocycles. The number of halogens is 2. The first-order valence-corrected chi connectivity index (χ1v) is 7.44. The van der Waals surface area contributed by atoms with Crippen molar-refractivity contribution in [3.8, 4) is 0 Å². The van der Waals surface area contributed by atoms with Gasteiger partial charge in [-0.2, -0.15) is 0 Å². The number of anilines is 1. The quantitative estimate of drug-likeness (QED) is 0.766. The predicted molar refractivity (Wildman–Crippen MR) is 75.7 cm³/mol. The minimum Gasteiger partial charge on any atom is -0.374 e. The van der Waals surface area contributed by atoms with Gasteiger partial charge in [-0.15, -0.1) is 11.6 Å². The van der Waals surface area contributed by atoms with Crippen LogP contribution in [0.4, 0.5) is 5.69 Å². The highest BCUT2D eigenvalue weighted by molar-refractivity contribution is 6.33. The molecule has 98 valence electrons. The molecule has 1 aromatic rings. The number of hydrogen-bond acceptors (Lipinski definition) is 2. The van der Waals surface area contributed by atoms with Gasteiger partial charge in [0, 0.05) is 12.4 Å². The van der Waals surface area contributed by atoms with Crippen LogP contribution in [0.2, 0.25) is 5.02 Å². The minimum absolute atomic E-state index is 0.373. The lowest BCUT2D eigenvalue weighted by Crippen LogP contribution is -2.49. The molecule has 3 rings (SSSR count). The van der Waals surface area contributed by atoms with Crippen molar-refractivity contribution in [2.45, 2.75) is 37.3 Å². The maximum absolute atomic E-state index is 6.39. The lowest BCUT2D eigenvalue weighted by atomic mass is 10.1. The summed E-state index contributed by atoms with van der Waals surface area (Å²) in [4.78, 5) is 2.42. The number of fused-ring (bicyclic) bond motifs is 1. The van der Waals surface area contributed by atoms with E-state index in [0.29, 0.717) is 18.0 Å². The highest BCUT2D eigenvalue weighted by Gasteiger charge is 2.37. The van der Waals surface area contributed by atoms with Gasteiger partial charge in [0.25, 0.3) is 0 Å². The number of hydrogen-bond donors (Lipinski definition) is 0. The normalized spacial score (nSPS) is 27.3. The zero-order valence-electron chi connectivity index (χ0n) is 10.2. The smallest absolute Gasteiger partial charge is 0.0779 e. The van der Waals surface area contributed by atoms with E-state index in [4.69, 9.17) is 27.9 Å². The van der Waals surface area contributed by atoms with Crippen LogP contribution in [-0.4, -0.2) is 25.3 Å². The molecule has 2 unspecified atom stereocenters. The van der Waals surface area contributed by atoms with Crippen molar-refractivity contribution in [2.24, 2.45) is 0 Å². The molecule has 0 bridgehead atoms. The van der Waals surface area contributed by atoms with Crippen LogP contribution in [0.15, 0.2) is 18.2 Å². The molecule has 1 saturated carbocycles. The third-order valence-corrected chi connectivity index (χ3v) is 4.58. The fraction of sp³-hybridized carbons (Fsp3) is 0.571. The van der Waals surface area contributed by atoms with E-state index in [2.05, 4.69) is 11.0 Å². The summed E-state index contributed by atoms with van der Waals surface area (Å²) in [5.74, 6) is 0.505. The molecule has 2 nitrogen and oxygen atoms in total. The topological polar surface area (TPSA) is 12.5 Å². The van der Waals surface area contributed by atoms with Gasteiger partial charge in [-0.1, -0.05) is 23.7 Å². The highest BCUT2D eigenvalue weighted by Crippen LogP contribution is 2.38. The zero-order valence-corrected chi connectivity index (χ0v) is 11.8. The molecule has 2 aliphatic rings. The Morgan fingerprint density at radius 3 is 3.06 bits per heavy atom. The first-order chi connectivity index (χ1) is 8.81. The van der Waals surface area contributed by atoms with Crippen LogP contribution in [-0.2, 0) is 10.6 Å². The van der Waals surface area contributed by atoms with E-state index in [1.165, 1.54) is 19.3 Å². The summed E-state index contributed by atoms with van der Waals surface area (Å²) in [6, 6.07) is 6.46. The molecule has 0 N–H and O–H groups in total. The van der Waals surface area contributed by atoms with Gasteiger partial charge in [0.15, 0.2) is 0 Å². The lowest BCUT2D eigenvalue weighted by molar-refractivity contribution is 0.0256. The maximum atomic E-state index is 6.39. The fourth-order valence-corrected chi connectivity index (χ4v) is 3.71. The van der Waals surface area contributed by atoms with E-state index in [1.807, 2.05) is 12.1 Å². The second kappa shape index (κ2) is 5.28. The summed E-state index contributed by atoms with van der Waals surface area (Å²) in [5, 5.41) is 0.806. The molecular formula is C14H17Cl2NO. The van der Waals surface area contributed by atoms with Crippen LogP contribution >= 0.6 is 23.2 Å². The third kappa shape index (κ3) is 2.11. The number of morpholine rings is 1. The molecule has 0 radical (unpaired) electrons. The largest absolute Gasteiger partial charge is 0.374 e. The fourth-order valence-electron chi connectivity index (χ4n) is 3.19. The van der Waals surface area contributed by atoms with Gasteiger partial charge in [0.2, 0.25) is 0 Å². The van der Waals surface area contributed by atoms with Gasteiger partial charge < -0.3 is 9.64 Å². The van der Waals surface area contributed by atoms with Crippen LogP contribution in [0.3, 0.4) is 0 Å². The number of nitrogens with zero attached hydrogens (tertiary/aromatic N) is 1. The summed E-state index contributed by atoms with van der Waals surface area (Å²) < 4.78 is 5.85. The van der Waals surface area contributed by atoms with Crippen molar-refractivity contribution < 1.29 is 4.74 Å². The average Bonchev–Trinajstić information content (AvgIpc) is 2.86. The Balaban J connectivity index is 1.98. The van der Waals surface area contributed by atoms with Crippen molar-refractivity contribution in [3.63, 3.8) is 0 Å². The Morgan fingerprint density at radius 1 is 1.33 bits per heavy atom. The van der Waals surface area contributed by atoms with Gasteiger partial charge >= 0.3 is 0 Å². The van der Waals surface area contributed by atoms with Crippen molar-refractivity contribution in [1.29, 1.82) is 0 Å². The van der Waals surface area contributed by atoms with E-state index in [-0.39, 0.29) is 0 Å². The zero-order chi connectivity index (χ0) is 12.5. The summed E-state index contributed by atoms with van der Waals surface area (Å²) in [6.45, 7) is 1.70. The van der Waals surface area contributed by atoms with E-state index in [1.54, 1.807) is 0 Å². The molecular weight excluding hydrogens is 269 g/mol. The molecule has 1 heterocycles. The summed E-state index contributed by atoms with van der Waals surface area (Å²) in [6.07, 6.45) is 3.98. The van der Waals surface area contributed by atoms with Gasteiger partial charge in [0.05, 0.1) is 29.5 Å². The van der Waals surface area contributed by atoms with Crippen molar-refractivity contribution in [3.05, 3.63) is 28.8 Å². The molecule has 2 fully saturated rings. The number of rotatable bonds is 2. The number of alkyl halides is 1. The van der Waals surface area contributed by atoms with Gasteiger partial charge in [-0.25, -0.2) is 0 Å². The van der Waals surface area contributed by atoms with Gasteiger partial charge in [0.1, 0.15) is 0 Å². The van der Waals surface area contributed by atoms with Crippen LogP contribution in [0.25, 0.3) is 0 Å². The van der Waals surface area contributed by atoms with E-state index in [0.717, 1.165) is 29.4 Å². The Hall–Kier alpha value is -0.440. The molecule has 0 aromatic heterocycles. The van der Waals surface area contributed by atoms with Crippen LogP contribution in [0, 0.1) is 0 Å². The molecule has 18 heavy (non-hydrogen) atoms. The number of benzene rings is 1. The van der Waals surface area contributed by atoms with Crippen LogP contribution < -0.4 is 4.90 Å². The molecule has 1 aliphatic heterocycles. The first-order valence-electron chi connectivity index (χ1n) is 6.53. The van der Waals surface area contributed by atoms with Crippen molar-refractivity contribution >= 4 is 28.9 Å². The molecule has 0 spiro atoms. The average molecular weight is 286 g/mol. The summed E-state index contributed by atoms with van der Waals surface area (Å²) in [7, 11) is 0. The third-order valence-electron chi connectivity index (χ3n) is 3.98. The summed E-state index contributed by atoms with van der Waals surface area (Å²) >= 11 is 12.4. The second-order valence-electron chi connectivity index (χ2n) is 4.98. The number of ether oxygens (including phenoxy) is 1. The minimum atomic E-state index is 0.373. The van der Waals surface area contributed by atoms with Crippen molar-refractivity contribution in [1.82, 2.24) is 0 Å². The molecule has 0 amide bonds. The predicted octanol–water partition coefficient (Wildman–Crippen LogP) is 3.84. The molecule has 2 atom stereocenters. The second-order valence-corrected chi connectivity index (χ2v) is 5.66. The SMILES string of the molecule is ClCc1cccc(Cl)c1N1CCOC2CCCC21. The Kier molecular flexibility index (Phi) is 3.69. The Bertz CT molecular complexity index is 438. The Labute approximate surface area is 118 Å². The molecule has 1 saturated heterocycles. The van der Waals surface area contributed by atoms with Crippen LogP contribution in [0.1, 0.15) is 24.8 Å². The first kappa shape index (κ1) is 12.6. The van der Waals surface area contributed by atoms with Crippen molar-refractivity contribution in [2.75, 3.05) is 18.1 Å². The monoisotopic (exact) mass is 285 g/mol. The van der Waals surface area contributed by atoms with E-state index < -0.39 is 0 Å². The molecule has 1 aromatic carbocycles. The maximum Gasteiger partial charge on any atom is 0.0779 e. The number of para-hydroxylation sites is 1.